The lowest BCUT2D eigenvalue weighted by atomic mass is 9.99. The van der Waals surface area contributed by atoms with Crippen LogP contribution in [0.3, 0.4) is 0 Å². The summed E-state index contributed by atoms with van der Waals surface area (Å²) >= 11 is 0. The summed E-state index contributed by atoms with van der Waals surface area (Å²) in [5, 5.41) is 5.41. The maximum absolute atomic E-state index is 5.52. The number of para-hydroxylation sites is 1. The molecule has 0 saturated carbocycles. The van der Waals surface area contributed by atoms with Crippen LogP contribution in [0.25, 0.3) is 10.9 Å². The number of nitrogens with zero attached hydrogens (tertiary/aromatic N) is 3. The summed E-state index contributed by atoms with van der Waals surface area (Å²) in [5.41, 5.74) is 2.46. The van der Waals surface area contributed by atoms with Crippen molar-refractivity contribution in [1.82, 2.24) is 14.7 Å². The molecule has 0 bridgehead atoms. The lowest BCUT2D eigenvalue weighted by molar-refractivity contribution is 0.0520. The average Bonchev–Trinajstić information content (AvgIpc) is 3.16. The molecule has 0 spiro atoms. The maximum atomic E-state index is 5.52. The molecular formula is C18H21N3O2. The number of aromatic nitrogens is 3. The molecule has 0 radical (unpaired) electrons. The van der Waals surface area contributed by atoms with Gasteiger partial charge in [-0.05, 0) is 35.8 Å². The van der Waals surface area contributed by atoms with Crippen LogP contribution in [-0.4, -0.2) is 27.9 Å². The van der Waals surface area contributed by atoms with Gasteiger partial charge in [-0.1, -0.05) is 23.4 Å². The minimum absolute atomic E-state index is 0.508. The minimum Gasteiger partial charge on any atom is -0.381 e. The summed E-state index contributed by atoms with van der Waals surface area (Å²) in [4.78, 5) is 4.58. The smallest absolute Gasteiger partial charge is 0.227 e. The molecule has 1 saturated heterocycles. The zero-order chi connectivity index (χ0) is 15.6. The third-order valence-electron chi connectivity index (χ3n) is 4.56. The van der Waals surface area contributed by atoms with Gasteiger partial charge in [-0.3, -0.25) is 0 Å². The van der Waals surface area contributed by atoms with E-state index in [2.05, 4.69) is 52.2 Å². The molecule has 1 aliphatic rings. The highest BCUT2D eigenvalue weighted by Crippen LogP contribution is 2.22. The number of hydrogen-bond acceptors (Lipinski definition) is 4. The molecular weight excluding hydrogens is 290 g/mol. The van der Waals surface area contributed by atoms with Gasteiger partial charge in [-0.25, -0.2) is 0 Å². The summed E-state index contributed by atoms with van der Waals surface area (Å²) in [7, 11) is 2.07. The fourth-order valence-electron chi connectivity index (χ4n) is 3.42. The second-order valence-corrected chi connectivity index (χ2v) is 6.35. The average molecular weight is 311 g/mol. The lowest BCUT2D eigenvalue weighted by Gasteiger charge is -2.20. The first kappa shape index (κ1) is 14.5. The van der Waals surface area contributed by atoms with Gasteiger partial charge in [-0.15, -0.1) is 0 Å². The van der Waals surface area contributed by atoms with Crippen molar-refractivity contribution in [1.29, 1.82) is 0 Å². The SMILES string of the molecule is Cn1ccc2cccc(Cc3noc(CC4CCCOC4)n3)c21. The van der Waals surface area contributed by atoms with Crippen molar-refractivity contribution >= 4 is 10.9 Å². The van der Waals surface area contributed by atoms with Crippen molar-refractivity contribution in [2.75, 3.05) is 13.2 Å². The van der Waals surface area contributed by atoms with E-state index >= 15 is 0 Å². The summed E-state index contributed by atoms with van der Waals surface area (Å²) in [5.74, 6) is 1.99. The Morgan fingerprint density at radius 2 is 2.26 bits per heavy atom. The molecule has 120 valence electrons. The van der Waals surface area contributed by atoms with E-state index in [1.165, 1.54) is 22.9 Å². The molecule has 1 aliphatic heterocycles. The Morgan fingerprint density at radius 1 is 1.30 bits per heavy atom. The van der Waals surface area contributed by atoms with Crippen LogP contribution in [0.5, 0.6) is 0 Å². The van der Waals surface area contributed by atoms with E-state index in [1.807, 2.05) is 0 Å². The molecule has 5 nitrogen and oxygen atoms in total. The molecule has 0 amide bonds. The standard InChI is InChI=1S/C18H21N3O2/c1-21-8-7-14-5-2-6-15(18(14)21)11-16-19-17(23-20-16)10-13-4-3-9-22-12-13/h2,5-8,13H,3-4,9-12H2,1H3. The number of fused-ring (bicyclic) bond motifs is 1. The molecule has 5 heteroatoms. The Hall–Kier alpha value is -2.14. The molecule has 1 fully saturated rings. The second kappa shape index (κ2) is 6.16. The molecule has 1 unspecified atom stereocenters. The number of benzene rings is 1. The monoisotopic (exact) mass is 311 g/mol. The molecule has 2 aromatic heterocycles. The first-order valence-electron chi connectivity index (χ1n) is 8.22. The zero-order valence-corrected chi connectivity index (χ0v) is 13.4. The van der Waals surface area contributed by atoms with Crippen LogP contribution in [-0.2, 0) is 24.6 Å². The van der Waals surface area contributed by atoms with E-state index in [0.29, 0.717) is 12.3 Å². The topological polar surface area (TPSA) is 53.1 Å². The van der Waals surface area contributed by atoms with Gasteiger partial charge in [0, 0.05) is 39.3 Å². The quantitative estimate of drug-likeness (QED) is 0.743. The van der Waals surface area contributed by atoms with Crippen LogP contribution in [0.15, 0.2) is 35.0 Å². The number of hydrogen-bond donors (Lipinski definition) is 0. The van der Waals surface area contributed by atoms with Crippen LogP contribution < -0.4 is 0 Å². The van der Waals surface area contributed by atoms with Gasteiger partial charge in [0.25, 0.3) is 0 Å². The van der Waals surface area contributed by atoms with Crippen molar-refractivity contribution in [3.8, 4) is 0 Å². The zero-order valence-electron chi connectivity index (χ0n) is 13.4. The van der Waals surface area contributed by atoms with Crippen molar-refractivity contribution in [3.63, 3.8) is 0 Å². The highest BCUT2D eigenvalue weighted by atomic mass is 16.5. The van der Waals surface area contributed by atoms with E-state index in [1.54, 1.807) is 0 Å². The first-order chi connectivity index (χ1) is 11.3. The van der Waals surface area contributed by atoms with Gasteiger partial charge in [0.2, 0.25) is 5.89 Å². The predicted octanol–water partition coefficient (Wildman–Crippen LogP) is 3.12. The molecule has 0 N–H and O–H groups in total. The van der Waals surface area contributed by atoms with Gasteiger partial charge < -0.3 is 13.8 Å². The molecule has 3 heterocycles. The van der Waals surface area contributed by atoms with Crippen molar-refractivity contribution in [2.24, 2.45) is 13.0 Å². The van der Waals surface area contributed by atoms with Gasteiger partial charge in [-0.2, -0.15) is 4.98 Å². The summed E-state index contributed by atoms with van der Waals surface area (Å²) in [6, 6.07) is 8.47. The van der Waals surface area contributed by atoms with Gasteiger partial charge in [0.1, 0.15) is 0 Å². The van der Waals surface area contributed by atoms with Crippen LogP contribution in [0.1, 0.15) is 30.1 Å². The molecule has 23 heavy (non-hydrogen) atoms. The Balaban J connectivity index is 1.51. The van der Waals surface area contributed by atoms with Crippen molar-refractivity contribution < 1.29 is 9.26 Å². The van der Waals surface area contributed by atoms with Crippen LogP contribution in [0.2, 0.25) is 0 Å². The third-order valence-corrected chi connectivity index (χ3v) is 4.56. The predicted molar refractivity (Wildman–Crippen MR) is 87.3 cm³/mol. The van der Waals surface area contributed by atoms with Crippen LogP contribution in [0, 0.1) is 5.92 Å². The number of ether oxygens (including phenoxy) is 1. The summed E-state index contributed by atoms with van der Waals surface area (Å²) in [6.07, 6.45) is 5.90. The van der Waals surface area contributed by atoms with Crippen molar-refractivity contribution in [2.45, 2.75) is 25.7 Å². The molecule has 4 rings (SSSR count). The highest BCUT2D eigenvalue weighted by Gasteiger charge is 2.18. The van der Waals surface area contributed by atoms with E-state index in [-0.39, 0.29) is 0 Å². The largest absolute Gasteiger partial charge is 0.381 e. The van der Waals surface area contributed by atoms with Crippen molar-refractivity contribution in [3.05, 3.63) is 47.7 Å². The molecule has 3 aromatic rings. The van der Waals surface area contributed by atoms with Gasteiger partial charge in [0.05, 0.1) is 5.52 Å². The Labute approximate surface area is 135 Å². The van der Waals surface area contributed by atoms with E-state index in [0.717, 1.165) is 37.8 Å². The highest BCUT2D eigenvalue weighted by molar-refractivity contribution is 5.83. The number of rotatable bonds is 4. The van der Waals surface area contributed by atoms with E-state index in [4.69, 9.17) is 9.26 Å². The molecule has 1 atom stereocenters. The fraction of sp³-hybridized carbons (Fsp3) is 0.444. The van der Waals surface area contributed by atoms with Crippen LogP contribution >= 0.6 is 0 Å². The first-order valence-corrected chi connectivity index (χ1v) is 8.22. The lowest BCUT2D eigenvalue weighted by Crippen LogP contribution is -2.19. The Morgan fingerprint density at radius 3 is 3.13 bits per heavy atom. The fourth-order valence-corrected chi connectivity index (χ4v) is 3.42. The van der Waals surface area contributed by atoms with E-state index in [9.17, 15) is 0 Å². The Kier molecular flexibility index (Phi) is 3.87. The Bertz CT molecular complexity index is 800. The second-order valence-electron chi connectivity index (χ2n) is 6.35. The van der Waals surface area contributed by atoms with Gasteiger partial charge >= 0.3 is 0 Å². The third kappa shape index (κ3) is 3.01. The van der Waals surface area contributed by atoms with E-state index < -0.39 is 0 Å². The van der Waals surface area contributed by atoms with Gasteiger partial charge in [0.15, 0.2) is 5.82 Å². The normalized spacial score (nSPS) is 18.6. The molecule has 1 aromatic carbocycles. The minimum atomic E-state index is 0.508. The maximum Gasteiger partial charge on any atom is 0.227 e. The van der Waals surface area contributed by atoms with Crippen LogP contribution in [0.4, 0.5) is 0 Å². The molecule has 0 aliphatic carbocycles. The summed E-state index contributed by atoms with van der Waals surface area (Å²) < 4.78 is 13.1. The summed E-state index contributed by atoms with van der Waals surface area (Å²) in [6.45, 7) is 1.69. The number of aryl methyl sites for hydroxylation is 1.